The van der Waals surface area contributed by atoms with Crippen LogP contribution in [0.2, 0.25) is 0 Å². The van der Waals surface area contributed by atoms with Crippen LogP contribution in [0, 0.1) is 0 Å². The third-order valence-electron chi connectivity index (χ3n) is 6.01. The zero-order chi connectivity index (χ0) is 22.3. The Bertz CT molecular complexity index is 921. The van der Waals surface area contributed by atoms with Gasteiger partial charge in [-0.2, -0.15) is 0 Å². The van der Waals surface area contributed by atoms with E-state index in [1.54, 1.807) is 7.11 Å². The van der Waals surface area contributed by atoms with Gasteiger partial charge in [-0.15, -0.1) is 0 Å². The van der Waals surface area contributed by atoms with Gasteiger partial charge < -0.3 is 29.9 Å². The summed E-state index contributed by atoms with van der Waals surface area (Å²) in [6.45, 7) is 7.19. The molecule has 2 aromatic rings. The molecule has 0 radical (unpaired) electrons. The fourth-order valence-electron chi connectivity index (χ4n) is 4.33. The molecule has 2 atom stereocenters. The summed E-state index contributed by atoms with van der Waals surface area (Å²) in [5, 5.41) is 7.02. The van der Waals surface area contributed by atoms with E-state index in [1.807, 2.05) is 31.4 Å². The molecule has 0 aliphatic carbocycles. The van der Waals surface area contributed by atoms with Crippen LogP contribution in [0.4, 0.5) is 11.5 Å². The third kappa shape index (κ3) is 5.43. The Balaban J connectivity index is 1.31. The number of ether oxygens (including phenoxy) is 2. The molecule has 2 saturated heterocycles. The van der Waals surface area contributed by atoms with Crippen molar-refractivity contribution in [2.75, 3.05) is 56.7 Å². The van der Waals surface area contributed by atoms with Crippen molar-refractivity contribution in [1.82, 2.24) is 15.6 Å². The molecule has 0 amide bonds. The first kappa shape index (κ1) is 22.2. The van der Waals surface area contributed by atoms with Crippen molar-refractivity contribution >= 4 is 17.5 Å². The number of methoxy groups -OCH3 is 1. The monoisotopic (exact) mass is 438 g/mol. The summed E-state index contributed by atoms with van der Waals surface area (Å²) in [7, 11) is 3.54. The van der Waals surface area contributed by atoms with Gasteiger partial charge in [-0.05, 0) is 43.2 Å². The van der Waals surface area contributed by atoms with E-state index in [9.17, 15) is 0 Å². The van der Waals surface area contributed by atoms with E-state index in [1.165, 1.54) is 5.56 Å². The molecule has 0 bridgehead atoms. The minimum atomic E-state index is 0.234. The number of morpholine rings is 1. The lowest BCUT2D eigenvalue weighted by Gasteiger charge is -2.32. The van der Waals surface area contributed by atoms with Gasteiger partial charge in [-0.1, -0.05) is 12.1 Å². The van der Waals surface area contributed by atoms with Crippen LogP contribution in [0.5, 0.6) is 5.75 Å². The Labute approximate surface area is 190 Å². The van der Waals surface area contributed by atoms with E-state index in [4.69, 9.17) is 9.47 Å². The van der Waals surface area contributed by atoms with E-state index in [-0.39, 0.29) is 6.10 Å². The summed E-state index contributed by atoms with van der Waals surface area (Å²) in [6.07, 6.45) is 3.16. The van der Waals surface area contributed by atoms with Gasteiger partial charge in [0.05, 0.1) is 25.5 Å². The third-order valence-corrected chi connectivity index (χ3v) is 6.01. The molecule has 0 spiro atoms. The van der Waals surface area contributed by atoms with Gasteiger partial charge in [0.2, 0.25) is 0 Å². The summed E-state index contributed by atoms with van der Waals surface area (Å²) in [6, 6.07) is 12.7. The number of hydrogen-bond acceptors (Lipinski definition) is 6. The highest BCUT2D eigenvalue weighted by Gasteiger charge is 2.25. The second-order valence-corrected chi connectivity index (χ2v) is 8.32. The van der Waals surface area contributed by atoms with Gasteiger partial charge in [-0.25, -0.2) is 4.98 Å². The van der Waals surface area contributed by atoms with Gasteiger partial charge in [-0.3, -0.25) is 4.99 Å². The average molecular weight is 439 g/mol. The lowest BCUT2D eigenvalue weighted by atomic mass is 10.2. The first-order valence-electron chi connectivity index (χ1n) is 11.3. The molecular weight excluding hydrogens is 404 g/mol. The van der Waals surface area contributed by atoms with Gasteiger partial charge in [0.1, 0.15) is 11.6 Å². The molecule has 4 rings (SSSR count). The number of aliphatic imine (C=N–C) groups is 1. The number of nitrogens with zero attached hydrogens (tertiary/aromatic N) is 4. The van der Waals surface area contributed by atoms with E-state index in [0.717, 1.165) is 62.4 Å². The van der Waals surface area contributed by atoms with E-state index in [2.05, 4.69) is 55.5 Å². The maximum absolute atomic E-state index is 5.65. The van der Waals surface area contributed by atoms with Gasteiger partial charge in [0.15, 0.2) is 5.96 Å². The first-order chi connectivity index (χ1) is 15.7. The predicted octanol–water partition coefficient (Wildman–Crippen LogP) is 2.26. The molecule has 2 N–H and O–H groups in total. The number of benzene rings is 1. The van der Waals surface area contributed by atoms with Crippen molar-refractivity contribution < 1.29 is 9.47 Å². The van der Waals surface area contributed by atoms with Crippen LogP contribution < -0.4 is 25.2 Å². The van der Waals surface area contributed by atoms with Crippen molar-refractivity contribution in [2.45, 2.75) is 32.0 Å². The molecule has 1 aromatic carbocycles. The van der Waals surface area contributed by atoms with Crippen molar-refractivity contribution in [1.29, 1.82) is 0 Å². The SMILES string of the molecule is CN=C(NCc1ccnc(N2CCOC(C)C2)c1)NC1CCN(c2ccccc2OC)C1. The molecule has 1 aromatic heterocycles. The van der Waals surface area contributed by atoms with Crippen molar-refractivity contribution in [2.24, 2.45) is 4.99 Å². The Morgan fingerprint density at radius 3 is 2.91 bits per heavy atom. The number of anilines is 2. The molecule has 8 nitrogen and oxygen atoms in total. The largest absolute Gasteiger partial charge is 0.495 e. The minimum Gasteiger partial charge on any atom is -0.495 e. The number of rotatable bonds is 6. The Kier molecular flexibility index (Phi) is 7.32. The van der Waals surface area contributed by atoms with Crippen LogP contribution in [0.1, 0.15) is 18.9 Å². The van der Waals surface area contributed by atoms with Crippen LogP contribution >= 0.6 is 0 Å². The normalized spacial score (nSPS) is 21.5. The zero-order valence-electron chi connectivity index (χ0n) is 19.3. The molecule has 2 fully saturated rings. The summed E-state index contributed by atoms with van der Waals surface area (Å²) < 4.78 is 11.2. The highest BCUT2D eigenvalue weighted by atomic mass is 16.5. The quantitative estimate of drug-likeness (QED) is 0.529. The van der Waals surface area contributed by atoms with Crippen molar-refractivity contribution in [3.8, 4) is 5.75 Å². The fourth-order valence-corrected chi connectivity index (χ4v) is 4.33. The van der Waals surface area contributed by atoms with Gasteiger partial charge in [0.25, 0.3) is 0 Å². The summed E-state index contributed by atoms with van der Waals surface area (Å²) in [5.41, 5.74) is 2.32. The van der Waals surface area contributed by atoms with Crippen LogP contribution in [0.3, 0.4) is 0 Å². The number of hydrogen-bond donors (Lipinski definition) is 2. The maximum Gasteiger partial charge on any atom is 0.191 e. The average Bonchev–Trinajstić information content (AvgIpc) is 3.30. The topological polar surface area (TPSA) is 74.2 Å². The summed E-state index contributed by atoms with van der Waals surface area (Å²) >= 11 is 0. The number of para-hydroxylation sites is 2. The van der Waals surface area contributed by atoms with E-state index >= 15 is 0 Å². The molecule has 172 valence electrons. The van der Waals surface area contributed by atoms with Crippen LogP contribution in [-0.2, 0) is 11.3 Å². The fraction of sp³-hybridized carbons (Fsp3) is 0.500. The molecule has 0 saturated carbocycles. The standard InChI is InChI=1S/C24H34N6O2/c1-18-16-30(12-13-32-18)23-14-19(8-10-26-23)15-27-24(25-2)28-20-9-11-29(17-20)21-6-4-5-7-22(21)31-3/h4-8,10,14,18,20H,9,11-13,15-17H2,1-3H3,(H2,25,27,28). The Morgan fingerprint density at radius 2 is 2.09 bits per heavy atom. The van der Waals surface area contributed by atoms with Gasteiger partial charge >= 0.3 is 0 Å². The number of pyridine rings is 1. The van der Waals surface area contributed by atoms with Crippen molar-refractivity contribution in [3.63, 3.8) is 0 Å². The minimum absolute atomic E-state index is 0.234. The van der Waals surface area contributed by atoms with Crippen molar-refractivity contribution in [3.05, 3.63) is 48.2 Å². The summed E-state index contributed by atoms with van der Waals surface area (Å²) in [4.78, 5) is 13.6. The summed E-state index contributed by atoms with van der Waals surface area (Å²) in [5.74, 6) is 2.74. The number of aromatic nitrogens is 1. The van der Waals surface area contributed by atoms with Crippen LogP contribution in [0.15, 0.2) is 47.6 Å². The second-order valence-electron chi connectivity index (χ2n) is 8.32. The van der Waals surface area contributed by atoms with Crippen LogP contribution in [0.25, 0.3) is 0 Å². The molecule has 2 aliphatic rings. The molecule has 3 heterocycles. The lowest BCUT2D eigenvalue weighted by Crippen LogP contribution is -2.44. The molecule has 2 aliphatic heterocycles. The molecule has 32 heavy (non-hydrogen) atoms. The lowest BCUT2D eigenvalue weighted by molar-refractivity contribution is 0.0529. The Morgan fingerprint density at radius 1 is 1.22 bits per heavy atom. The first-order valence-corrected chi connectivity index (χ1v) is 11.3. The number of nitrogens with one attached hydrogen (secondary N) is 2. The second kappa shape index (κ2) is 10.5. The van der Waals surface area contributed by atoms with E-state index < -0.39 is 0 Å². The smallest absolute Gasteiger partial charge is 0.191 e. The molecular formula is C24H34N6O2. The highest BCUT2D eigenvalue weighted by Crippen LogP contribution is 2.30. The van der Waals surface area contributed by atoms with E-state index in [0.29, 0.717) is 12.6 Å². The Hall–Kier alpha value is -3.00. The van der Waals surface area contributed by atoms with Gasteiger partial charge in [0, 0.05) is 52.0 Å². The molecule has 2 unspecified atom stereocenters. The molecule has 8 heteroatoms. The highest BCUT2D eigenvalue weighted by molar-refractivity contribution is 5.80. The number of guanidine groups is 1. The zero-order valence-corrected chi connectivity index (χ0v) is 19.3. The predicted molar refractivity (Wildman–Crippen MR) is 129 cm³/mol. The van der Waals surface area contributed by atoms with Crippen LogP contribution in [-0.4, -0.2) is 70.0 Å². The maximum atomic E-state index is 5.65.